The van der Waals surface area contributed by atoms with E-state index in [1.807, 2.05) is 0 Å². The largest absolute Gasteiger partial charge is 0.416 e. The summed E-state index contributed by atoms with van der Waals surface area (Å²) in [6.45, 7) is 4.37. The third kappa shape index (κ3) is 6.08. The summed E-state index contributed by atoms with van der Waals surface area (Å²) in [5.74, 6) is 0.262. The van der Waals surface area contributed by atoms with E-state index in [2.05, 4.69) is 13.8 Å². The van der Waals surface area contributed by atoms with Crippen LogP contribution in [0.15, 0.2) is 36.4 Å². The molecule has 2 aromatic carbocycles. The molecule has 170 valence electrons. The molecule has 1 unspecified atom stereocenters. The molecule has 0 aliphatic heterocycles. The zero-order valence-electron chi connectivity index (χ0n) is 18.2. The Morgan fingerprint density at radius 3 is 2.03 bits per heavy atom. The van der Waals surface area contributed by atoms with Crippen molar-refractivity contribution in [3.63, 3.8) is 0 Å². The average molecular weight is 439 g/mol. The van der Waals surface area contributed by atoms with Crippen molar-refractivity contribution in [3.05, 3.63) is 59.2 Å². The van der Waals surface area contributed by atoms with Crippen molar-refractivity contribution < 1.29 is 22.0 Å². The molecule has 0 N–H and O–H groups in total. The average Bonchev–Trinajstić information content (AvgIpc) is 2.72. The molecule has 0 bridgehead atoms. The number of unbranched alkanes of at least 4 members (excludes halogenated alkanes) is 1. The highest BCUT2D eigenvalue weighted by atomic mass is 19.4. The van der Waals surface area contributed by atoms with Gasteiger partial charge in [0.25, 0.3) is 0 Å². The van der Waals surface area contributed by atoms with E-state index in [1.165, 1.54) is 57.1 Å². The Morgan fingerprint density at radius 1 is 0.935 bits per heavy atom. The van der Waals surface area contributed by atoms with Crippen molar-refractivity contribution in [3.8, 4) is 11.1 Å². The van der Waals surface area contributed by atoms with Crippen LogP contribution in [0.5, 0.6) is 0 Å². The van der Waals surface area contributed by atoms with Crippen LogP contribution in [0.4, 0.5) is 22.0 Å². The standard InChI is InChI=1S/C26H31F5/c1-3-4-5-18-6-8-20(9-7-18)17(2)14-19-15-23(27)25(24(28)16-19)21-10-12-22(13-11-21)26(29,30)31/h10-13,15-18,20H,3-9,14H2,1-2H3. The molecule has 0 radical (unpaired) electrons. The smallest absolute Gasteiger partial charge is 0.206 e. The molecule has 31 heavy (non-hydrogen) atoms. The summed E-state index contributed by atoms with van der Waals surface area (Å²) in [5, 5.41) is 0. The van der Waals surface area contributed by atoms with Crippen molar-refractivity contribution in [2.24, 2.45) is 17.8 Å². The highest BCUT2D eigenvalue weighted by Crippen LogP contribution is 2.38. The monoisotopic (exact) mass is 438 g/mol. The molecule has 1 atom stereocenters. The molecule has 2 aromatic rings. The van der Waals surface area contributed by atoms with E-state index in [0.717, 1.165) is 30.2 Å². The number of hydrogen-bond donors (Lipinski definition) is 0. The first-order chi connectivity index (χ1) is 14.7. The molecule has 1 aliphatic carbocycles. The Morgan fingerprint density at radius 2 is 1.52 bits per heavy atom. The molecule has 0 saturated heterocycles. The van der Waals surface area contributed by atoms with Gasteiger partial charge < -0.3 is 0 Å². The minimum Gasteiger partial charge on any atom is -0.206 e. The lowest BCUT2D eigenvalue weighted by Gasteiger charge is -2.32. The van der Waals surface area contributed by atoms with Crippen LogP contribution in [0.25, 0.3) is 11.1 Å². The highest BCUT2D eigenvalue weighted by Gasteiger charge is 2.30. The summed E-state index contributed by atoms with van der Waals surface area (Å²) in [5.41, 5.74) is -0.409. The molecule has 0 nitrogen and oxygen atoms in total. The van der Waals surface area contributed by atoms with E-state index in [9.17, 15) is 22.0 Å². The first-order valence-electron chi connectivity index (χ1n) is 11.3. The topological polar surface area (TPSA) is 0 Å². The molecule has 0 spiro atoms. The van der Waals surface area contributed by atoms with Crippen molar-refractivity contribution in [1.29, 1.82) is 0 Å². The lowest BCUT2D eigenvalue weighted by atomic mass is 9.73. The van der Waals surface area contributed by atoms with Crippen molar-refractivity contribution >= 4 is 0 Å². The number of alkyl halides is 3. The number of rotatable bonds is 7. The Hall–Kier alpha value is -1.91. The zero-order valence-corrected chi connectivity index (χ0v) is 18.2. The molecule has 5 heteroatoms. The van der Waals surface area contributed by atoms with Gasteiger partial charge >= 0.3 is 6.18 Å². The lowest BCUT2D eigenvalue weighted by molar-refractivity contribution is -0.137. The Kier molecular flexibility index (Phi) is 7.77. The number of hydrogen-bond acceptors (Lipinski definition) is 0. The van der Waals surface area contributed by atoms with Gasteiger partial charge in [-0.25, -0.2) is 8.78 Å². The molecule has 1 aliphatic rings. The molecule has 1 fully saturated rings. The van der Waals surface area contributed by atoms with Gasteiger partial charge in [-0.1, -0.05) is 58.1 Å². The summed E-state index contributed by atoms with van der Waals surface area (Å²) in [6, 6.07) is 6.59. The Bertz CT molecular complexity index is 822. The van der Waals surface area contributed by atoms with Gasteiger partial charge in [0, 0.05) is 0 Å². The predicted molar refractivity (Wildman–Crippen MR) is 115 cm³/mol. The van der Waals surface area contributed by atoms with Gasteiger partial charge in [0.2, 0.25) is 0 Å². The summed E-state index contributed by atoms with van der Waals surface area (Å²) in [4.78, 5) is 0. The lowest BCUT2D eigenvalue weighted by Crippen LogP contribution is -2.21. The predicted octanol–water partition coefficient (Wildman–Crippen LogP) is 8.83. The van der Waals surface area contributed by atoms with Gasteiger partial charge in [-0.15, -0.1) is 0 Å². The van der Waals surface area contributed by atoms with Crippen molar-refractivity contribution in [2.75, 3.05) is 0 Å². The second-order valence-electron chi connectivity index (χ2n) is 9.11. The van der Waals surface area contributed by atoms with E-state index in [1.54, 1.807) is 0 Å². The van der Waals surface area contributed by atoms with E-state index in [4.69, 9.17) is 0 Å². The van der Waals surface area contributed by atoms with Gasteiger partial charge in [-0.3, -0.25) is 0 Å². The summed E-state index contributed by atoms with van der Waals surface area (Å²) in [6.07, 6.45) is 4.77. The summed E-state index contributed by atoms with van der Waals surface area (Å²) < 4.78 is 67.7. The number of halogens is 5. The van der Waals surface area contributed by atoms with Crippen molar-refractivity contribution in [2.45, 2.75) is 71.4 Å². The molecular formula is C26H31F5. The Labute approximate surface area is 181 Å². The minimum atomic E-state index is -4.48. The minimum absolute atomic E-state index is 0.105. The van der Waals surface area contributed by atoms with E-state index < -0.39 is 23.4 Å². The Balaban J connectivity index is 1.66. The number of benzene rings is 2. The molecule has 3 rings (SSSR count). The summed E-state index contributed by atoms with van der Waals surface area (Å²) in [7, 11) is 0. The fourth-order valence-electron chi connectivity index (χ4n) is 4.92. The molecule has 1 saturated carbocycles. The van der Waals surface area contributed by atoms with Gasteiger partial charge in [0.15, 0.2) is 0 Å². The normalized spacial score (nSPS) is 20.6. The first kappa shape index (κ1) is 23.7. The quantitative estimate of drug-likeness (QED) is 0.379. The second-order valence-corrected chi connectivity index (χ2v) is 9.11. The van der Waals surface area contributed by atoms with Crippen LogP contribution < -0.4 is 0 Å². The van der Waals surface area contributed by atoms with E-state index in [-0.39, 0.29) is 11.1 Å². The fourth-order valence-corrected chi connectivity index (χ4v) is 4.92. The molecule has 0 amide bonds. The van der Waals surface area contributed by atoms with Gasteiger partial charge in [0.05, 0.1) is 11.1 Å². The maximum Gasteiger partial charge on any atom is 0.416 e. The molecule has 0 heterocycles. The first-order valence-corrected chi connectivity index (χ1v) is 11.3. The van der Waals surface area contributed by atoms with Crippen LogP contribution in [0.2, 0.25) is 0 Å². The maximum absolute atomic E-state index is 14.7. The van der Waals surface area contributed by atoms with Crippen LogP contribution in [0.3, 0.4) is 0 Å². The van der Waals surface area contributed by atoms with Crippen molar-refractivity contribution in [1.82, 2.24) is 0 Å². The van der Waals surface area contributed by atoms with Crippen LogP contribution in [0.1, 0.15) is 69.9 Å². The van der Waals surface area contributed by atoms with E-state index >= 15 is 0 Å². The molecule has 0 aromatic heterocycles. The van der Waals surface area contributed by atoms with Crippen LogP contribution in [0, 0.1) is 29.4 Å². The second kappa shape index (κ2) is 10.1. The highest BCUT2D eigenvalue weighted by molar-refractivity contribution is 5.65. The van der Waals surface area contributed by atoms with Crippen LogP contribution in [-0.4, -0.2) is 0 Å². The fraction of sp³-hybridized carbons (Fsp3) is 0.538. The van der Waals surface area contributed by atoms with Gasteiger partial charge in [-0.2, -0.15) is 13.2 Å². The maximum atomic E-state index is 14.7. The summed E-state index contributed by atoms with van der Waals surface area (Å²) >= 11 is 0. The third-order valence-electron chi connectivity index (χ3n) is 6.82. The van der Waals surface area contributed by atoms with Gasteiger partial charge in [-0.05, 0) is 72.4 Å². The SMILES string of the molecule is CCCCC1CCC(C(C)Cc2cc(F)c(-c3ccc(C(F)(F)F)cc3)c(F)c2)CC1. The van der Waals surface area contributed by atoms with Crippen LogP contribution >= 0.6 is 0 Å². The third-order valence-corrected chi connectivity index (χ3v) is 6.82. The van der Waals surface area contributed by atoms with E-state index in [0.29, 0.717) is 23.8 Å². The van der Waals surface area contributed by atoms with Gasteiger partial charge in [0.1, 0.15) is 11.6 Å². The van der Waals surface area contributed by atoms with Crippen LogP contribution in [-0.2, 0) is 12.6 Å². The zero-order chi connectivity index (χ0) is 22.6. The molecular weight excluding hydrogens is 407 g/mol.